The first kappa shape index (κ1) is 15.3. The van der Waals surface area contributed by atoms with Gasteiger partial charge in [0, 0.05) is 0 Å². The molecule has 4 heteroatoms. The number of ketones is 1. The summed E-state index contributed by atoms with van der Waals surface area (Å²) < 4.78 is 5.17. The van der Waals surface area contributed by atoms with Gasteiger partial charge in [0.1, 0.15) is 16.5 Å². The molecule has 1 heterocycles. The molecular formula is C17H17NO2S. The third-order valence-corrected chi connectivity index (χ3v) is 4.31. The highest BCUT2D eigenvalue weighted by molar-refractivity contribution is 7.12. The third-order valence-electron chi connectivity index (χ3n) is 3.40. The lowest BCUT2D eigenvalue weighted by Gasteiger charge is -2.11. The molecule has 0 spiro atoms. The van der Waals surface area contributed by atoms with Crippen LogP contribution in [-0.2, 0) is 0 Å². The van der Waals surface area contributed by atoms with Crippen LogP contribution in [-0.4, -0.2) is 12.9 Å². The standard InChI is InChI=1S/C17H17NO2S/c1-11(2)12-4-6-13(7-5-12)14(10-18)16(19)17-15(20-3)8-9-21-17/h4-9,11,14H,1-3H3. The fraction of sp³-hybridized carbons (Fsp3) is 0.294. The molecule has 0 radical (unpaired) electrons. The number of ether oxygens (including phenoxy) is 1. The SMILES string of the molecule is COc1ccsc1C(=O)C(C#N)c1ccc(C(C)C)cc1. The summed E-state index contributed by atoms with van der Waals surface area (Å²) in [7, 11) is 1.53. The van der Waals surface area contributed by atoms with Crippen LogP contribution in [0.1, 0.15) is 46.5 Å². The van der Waals surface area contributed by atoms with Crippen molar-refractivity contribution in [1.29, 1.82) is 5.26 Å². The summed E-state index contributed by atoms with van der Waals surface area (Å²) in [6.07, 6.45) is 0. The lowest BCUT2D eigenvalue weighted by Crippen LogP contribution is -2.11. The van der Waals surface area contributed by atoms with Crippen LogP contribution in [0.2, 0.25) is 0 Å². The fourth-order valence-corrected chi connectivity index (χ4v) is 2.96. The van der Waals surface area contributed by atoms with E-state index < -0.39 is 5.92 Å². The number of hydrogen-bond donors (Lipinski definition) is 0. The van der Waals surface area contributed by atoms with Gasteiger partial charge in [0.15, 0.2) is 5.78 Å². The van der Waals surface area contributed by atoms with Crippen LogP contribution >= 0.6 is 11.3 Å². The molecular weight excluding hydrogens is 282 g/mol. The van der Waals surface area contributed by atoms with Crippen LogP contribution in [0.25, 0.3) is 0 Å². The Morgan fingerprint density at radius 2 is 1.81 bits per heavy atom. The molecule has 1 aromatic heterocycles. The summed E-state index contributed by atoms with van der Waals surface area (Å²) in [6, 6.07) is 11.5. The molecule has 0 N–H and O–H groups in total. The number of thiophene rings is 1. The van der Waals surface area contributed by atoms with E-state index in [0.29, 0.717) is 16.5 Å². The van der Waals surface area contributed by atoms with E-state index in [1.54, 1.807) is 11.4 Å². The summed E-state index contributed by atoms with van der Waals surface area (Å²) in [5.74, 6) is -0.0443. The zero-order chi connectivity index (χ0) is 15.4. The maximum atomic E-state index is 12.5. The van der Waals surface area contributed by atoms with Crippen LogP contribution in [0.5, 0.6) is 5.75 Å². The smallest absolute Gasteiger partial charge is 0.198 e. The molecule has 0 fully saturated rings. The summed E-state index contributed by atoms with van der Waals surface area (Å²) in [6.45, 7) is 4.22. The first-order valence-corrected chi connectivity index (χ1v) is 7.61. The lowest BCUT2D eigenvalue weighted by atomic mass is 9.92. The van der Waals surface area contributed by atoms with Gasteiger partial charge in [-0.25, -0.2) is 0 Å². The average molecular weight is 299 g/mol. The number of hydrogen-bond acceptors (Lipinski definition) is 4. The van der Waals surface area contributed by atoms with Crippen LogP contribution in [0, 0.1) is 11.3 Å². The van der Waals surface area contributed by atoms with Crippen molar-refractivity contribution in [3.05, 3.63) is 51.7 Å². The predicted molar refractivity (Wildman–Crippen MR) is 84.1 cm³/mol. The van der Waals surface area contributed by atoms with Gasteiger partial charge in [0.25, 0.3) is 0 Å². The second-order valence-corrected chi connectivity index (χ2v) is 5.98. The van der Waals surface area contributed by atoms with Gasteiger partial charge in [-0.15, -0.1) is 11.3 Å². The largest absolute Gasteiger partial charge is 0.495 e. The van der Waals surface area contributed by atoms with Gasteiger partial charge in [-0.05, 0) is 28.5 Å². The average Bonchev–Trinajstić information content (AvgIpc) is 2.96. The molecule has 21 heavy (non-hydrogen) atoms. The highest BCUT2D eigenvalue weighted by Crippen LogP contribution is 2.31. The Kier molecular flexibility index (Phi) is 4.77. The van der Waals surface area contributed by atoms with Crippen molar-refractivity contribution in [3.8, 4) is 11.8 Å². The Balaban J connectivity index is 2.32. The normalized spacial score (nSPS) is 12.0. The van der Waals surface area contributed by atoms with E-state index in [9.17, 15) is 10.1 Å². The summed E-state index contributed by atoms with van der Waals surface area (Å²) in [5, 5.41) is 11.2. The van der Waals surface area contributed by atoms with Crippen molar-refractivity contribution < 1.29 is 9.53 Å². The van der Waals surface area contributed by atoms with Crippen molar-refractivity contribution in [2.45, 2.75) is 25.7 Å². The monoisotopic (exact) mass is 299 g/mol. The number of methoxy groups -OCH3 is 1. The molecule has 0 bridgehead atoms. The predicted octanol–water partition coefficient (Wildman–Crippen LogP) is 4.37. The molecule has 3 nitrogen and oxygen atoms in total. The minimum Gasteiger partial charge on any atom is -0.495 e. The molecule has 1 aromatic carbocycles. The van der Waals surface area contributed by atoms with Crippen LogP contribution in [0.4, 0.5) is 0 Å². The van der Waals surface area contributed by atoms with Crippen molar-refractivity contribution >= 4 is 17.1 Å². The molecule has 0 saturated carbocycles. The first-order chi connectivity index (χ1) is 10.1. The molecule has 0 amide bonds. The number of Topliss-reactive ketones (excluding diaryl/α,β-unsaturated/α-hetero) is 1. The number of benzene rings is 1. The Bertz CT molecular complexity index is 665. The first-order valence-electron chi connectivity index (χ1n) is 6.73. The number of rotatable bonds is 5. The van der Waals surface area contributed by atoms with E-state index in [4.69, 9.17) is 4.74 Å². The molecule has 1 unspecified atom stereocenters. The van der Waals surface area contributed by atoms with E-state index in [2.05, 4.69) is 19.9 Å². The minimum atomic E-state index is -0.793. The van der Waals surface area contributed by atoms with Crippen LogP contribution < -0.4 is 4.74 Å². The minimum absolute atomic E-state index is 0.207. The van der Waals surface area contributed by atoms with E-state index in [1.165, 1.54) is 24.0 Å². The molecule has 0 aliphatic heterocycles. The molecule has 0 saturated heterocycles. The Morgan fingerprint density at radius 1 is 1.19 bits per heavy atom. The summed E-state index contributed by atoms with van der Waals surface area (Å²) >= 11 is 1.30. The second-order valence-electron chi connectivity index (χ2n) is 5.07. The van der Waals surface area contributed by atoms with Crippen molar-refractivity contribution in [3.63, 3.8) is 0 Å². The Labute approximate surface area is 128 Å². The number of nitriles is 1. The highest BCUT2D eigenvalue weighted by atomic mass is 32.1. The fourth-order valence-electron chi connectivity index (χ4n) is 2.13. The second kappa shape index (κ2) is 6.55. The summed E-state index contributed by atoms with van der Waals surface area (Å²) in [4.78, 5) is 13.0. The zero-order valence-corrected chi connectivity index (χ0v) is 13.1. The van der Waals surface area contributed by atoms with Crippen molar-refractivity contribution in [1.82, 2.24) is 0 Å². The molecule has 1 atom stereocenters. The topological polar surface area (TPSA) is 50.1 Å². The molecule has 2 rings (SSSR count). The third kappa shape index (κ3) is 3.14. The van der Waals surface area contributed by atoms with Gasteiger partial charge in [0.05, 0.1) is 13.2 Å². The van der Waals surface area contributed by atoms with Gasteiger partial charge in [-0.1, -0.05) is 38.1 Å². The van der Waals surface area contributed by atoms with E-state index >= 15 is 0 Å². The van der Waals surface area contributed by atoms with E-state index in [1.807, 2.05) is 24.3 Å². The zero-order valence-electron chi connectivity index (χ0n) is 12.3. The Hall–Kier alpha value is -2.12. The maximum absolute atomic E-state index is 12.5. The van der Waals surface area contributed by atoms with Gasteiger partial charge in [-0.2, -0.15) is 5.26 Å². The van der Waals surface area contributed by atoms with Gasteiger partial charge >= 0.3 is 0 Å². The van der Waals surface area contributed by atoms with Crippen LogP contribution in [0.3, 0.4) is 0 Å². The quantitative estimate of drug-likeness (QED) is 0.770. The van der Waals surface area contributed by atoms with Gasteiger partial charge in [-0.3, -0.25) is 4.79 Å². The molecule has 2 aromatic rings. The van der Waals surface area contributed by atoms with Gasteiger partial charge < -0.3 is 4.74 Å². The number of carbonyl (C=O) groups is 1. The van der Waals surface area contributed by atoms with Crippen molar-refractivity contribution in [2.75, 3.05) is 7.11 Å². The number of nitrogens with zero attached hydrogens (tertiary/aromatic N) is 1. The van der Waals surface area contributed by atoms with E-state index in [-0.39, 0.29) is 5.78 Å². The molecule has 0 aliphatic rings. The van der Waals surface area contributed by atoms with Gasteiger partial charge in [0.2, 0.25) is 0 Å². The highest BCUT2D eigenvalue weighted by Gasteiger charge is 2.25. The van der Waals surface area contributed by atoms with E-state index in [0.717, 1.165) is 5.56 Å². The van der Waals surface area contributed by atoms with Crippen molar-refractivity contribution in [2.24, 2.45) is 0 Å². The lowest BCUT2D eigenvalue weighted by molar-refractivity contribution is 0.0980. The summed E-state index contributed by atoms with van der Waals surface area (Å²) in [5.41, 5.74) is 1.92. The maximum Gasteiger partial charge on any atom is 0.198 e. The van der Waals surface area contributed by atoms with Crippen LogP contribution in [0.15, 0.2) is 35.7 Å². The molecule has 108 valence electrons. The number of carbonyl (C=O) groups excluding carboxylic acids is 1. The molecule has 0 aliphatic carbocycles. The Morgan fingerprint density at radius 3 is 2.33 bits per heavy atom.